The zero-order chi connectivity index (χ0) is 14.7. The van der Waals surface area contributed by atoms with E-state index < -0.39 is 16.2 Å². The van der Waals surface area contributed by atoms with E-state index in [0.717, 1.165) is 4.68 Å². The third-order valence-electron chi connectivity index (χ3n) is 2.38. The number of hydrogen-bond acceptors (Lipinski definition) is 6. The fraction of sp³-hybridized carbons (Fsp3) is 0.182. The fourth-order valence-electron chi connectivity index (χ4n) is 1.51. The van der Waals surface area contributed by atoms with Gasteiger partial charge >= 0.3 is 11.2 Å². The van der Waals surface area contributed by atoms with Crippen molar-refractivity contribution in [1.82, 2.24) is 14.8 Å². The van der Waals surface area contributed by atoms with Crippen LogP contribution in [-0.4, -0.2) is 26.3 Å². The first-order chi connectivity index (χ1) is 9.52. The van der Waals surface area contributed by atoms with Gasteiger partial charge in [0.25, 0.3) is 11.6 Å². The summed E-state index contributed by atoms with van der Waals surface area (Å²) in [6.07, 6.45) is 0. The third kappa shape index (κ3) is 2.55. The quantitative estimate of drug-likeness (QED) is 0.631. The van der Waals surface area contributed by atoms with Gasteiger partial charge in [-0.2, -0.15) is 4.68 Å². The highest BCUT2D eigenvalue weighted by molar-refractivity contribution is 5.40. The number of non-ortho nitro benzene ring substituents is 1. The lowest BCUT2D eigenvalue weighted by molar-refractivity contribution is -0.384. The zero-order valence-corrected chi connectivity index (χ0v) is 10.4. The molecule has 1 aromatic heterocycles. The van der Waals surface area contributed by atoms with Crippen molar-refractivity contribution in [3.63, 3.8) is 0 Å². The smallest absolute Gasteiger partial charge is 0.349 e. The molecule has 0 bridgehead atoms. The standard InChI is InChI=1S/C11H10N4O5/c1-2-20-10-9(16)12-11(17)14(13-10)7-3-5-8(6-4-7)15(18)19/h3-6H,2H2,1H3,(H,12,16,17). The van der Waals surface area contributed by atoms with Crippen LogP contribution in [0.4, 0.5) is 5.69 Å². The van der Waals surface area contributed by atoms with Crippen LogP contribution in [0.5, 0.6) is 5.88 Å². The Morgan fingerprint density at radius 2 is 2.00 bits per heavy atom. The second-order valence-electron chi connectivity index (χ2n) is 3.68. The monoisotopic (exact) mass is 278 g/mol. The van der Waals surface area contributed by atoms with Crippen molar-refractivity contribution >= 4 is 5.69 Å². The number of nitro groups is 1. The van der Waals surface area contributed by atoms with E-state index in [1.807, 2.05) is 0 Å². The first-order valence-corrected chi connectivity index (χ1v) is 5.64. The molecule has 0 unspecified atom stereocenters. The van der Waals surface area contributed by atoms with E-state index in [0.29, 0.717) is 0 Å². The normalized spacial score (nSPS) is 10.2. The minimum atomic E-state index is -0.757. The molecule has 2 aromatic rings. The molecule has 9 heteroatoms. The van der Waals surface area contributed by atoms with E-state index in [9.17, 15) is 19.7 Å². The molecular formula is C11H10N4O5. The molecular weight excluding hydrogens is 268 g/mol. The number of benzene rings is 1. The molecule has 20 heavy (non-hydrogen) atoms. The Balaban J connectivity index is 2.51. The van der Waals surface area contributed by atoms with Crippen LogP contribution in [-0.2, 0) is 0 Å². The van der Waals surface area contributed by atoms with E-state index in [1.165, 1.54) is 24.3 Å². The summed E-state index contributed by atoms with van der Waals surface area (Å²) >= 11 is 0. The summed E-state index contributed by atoms with van der Waals surface area (Å²) < 4.78 is 5.89. The molecule has 2 rings (SSSR count). The highest BCUT2D eigenvalue weighted by Gasteiger charge is 2.10. The van der Waals surface area contributed by atoms with Gasteiger partial charge in [0.15, 0.2) is 0 Å². The molecule has 0 saturated heterocycles. The van der Waals surface area contributed by atoms with Crippen LogP contribution in [0.15, 0.2) is 33.9 Å². The van der Waals surface area contributed by atoms with Crippen molar-refractivity contribution in [1.29, 1.82) is 0 Å². The minimum Gasteiger partial charge on any atom is -0.473 e. The zero-order valence-electron chi connectivity index (χ0n) is 10.4. The molecule has 0 amide bonds. The summed E-state index contributed by atoms with van der Waals surface area (Å²) in [5.41, 5.74) is -1.32. The first-order valence-electron chi connectivity index (χ1n) is 5.64. The van der Waals surface area contributed by atoms with Crippen LogP contribution >= 0.6 is 0 Å². The van der Waals surface area contributed by atoms with Crippen molar-refractivity contribution in [2.24, 2.45) is 0 Å². The largest absolute Gasteiger partial charge is 0.473 e. The van der Waals surface area contributed by atoms with Crippen molar-refractivity contribution in [3.05, 3.63) is 55.2 Å². The van der Waals surface area contributed by atoms with Crippen LogP contribution in [0, 0.1) is 10.1 Å². The van der Waals surface area contributed by atoms with Gasteiger partial charge in [0.2, 0.25) is 0 Å². The van der Waals surface area contributed by atoms with Gasteiger partial charge in [0.05, 0.1) is 17.2 Å². The van der Waals surface area contributed by atoms with Crippen LogP contribution in [0.2, 0.25) is 0 Å². The average Bonchev–Trinajstić information content (AvgIpc) is 2.42. The maximum atomic E-state index is 11.7. The number of aromatic amines is 1. The van der Waals surface area contributed by atoms with Gasteiger partial charge < -0.3 is 4.74 Å². The predicted molar refractivity (Wildman–Crippen MR) is 68.3 cm³/mol. The molecule has 1 N–H and O–H groups in total. The molecule has 0 spiro atoms. The van der Waals surface area contributed by atoms with Crippen molar-refractivity contribution in [3.8, 4) is 11.6 Å². The Labute approximate surface area is 111 Å². The van der Waals surface area contributed by atoms with Gasteiger partial charge in [-0.3, -0.25) is 19.9 Å². The number of H-pyrrole nitrogens is 1. The van der Waals surface area contributed by atoms with Gasteiger partial charge in [-0.05, 0) is 19.1 Å². The molecule has 0 radical (unpaired) electrons. The Hall–Kier alpha value is -2.97. The Bertz CT molecular complexity index is 747. The molecule has 0 atom stereocenters. The molecule has 1 aromatic carbocycles. The van der Waals surface area contributed by atoms with Gasteiger partial charge in [0.1, 0.15) is 0 Å². The molecule has 1 heterocycles. The number of aromatic nitrogens is 3. The van der Waals surface area contributed by atoms with Gasteiger partial charge in [-0.1, -0.05) is 0 Å². The second kappa shape index (κ2) is 5.34. The number of rotatable bonds is 4. The second-order valence-corrected chi connectivity index (χ2v) is 3.68. The van der Waals surface area contributed by atoms with Crippen molar-refractivity contribution in [2.45, 2.75) is 6.92 Å². The van der Waals surface area contributed by atoms with E-state index in [2.05, 4.69) is 10.1 Å². The van der Waals surface area contributed by atoms with Gasteiger partial charge in [-0.15, -0.1) is 5.10 Å². The summed E-state index contributed by atoms with van der Waals surface area (Å²) in [4.78, 5) is 35.1. The minimum absolute atomic E-state index is 0.115. The van der Waals surface area contributed by atoms with Gasteiger partial charge in [0, 0.05) is 12.1 Å². The Morgan fingerprint density at radius 3 is 2.55 bits per heavy atom. The van der Waals surface area contributed by atoms with E-state index in [4.69, 9.17) is 4.74 Å². The number of nitrogens with zero attached hydrogens (tertiary/aromatic N) is 3. The lowest BCUT2D eigenvalue weighted by atomic mass is 10.3. The topological polar surface area (TPSA) is 120 Å². The summed E-state index contributed by atoms with van der Waals surface area (Å²) in [5, 5.41) is 14.3. The van der Waals surface area contributed by atoms with Crippen LogP contribution in [0.25, 0.3) is 5.69 Å². The molecule has 0 fully saturated rings. The summed E-state index contributed by atoms with van der Waals surface area (Å²) in [7, 11) is 0. The summed E-state index contributed by atoms with van der Waals surface area (Å²) in [6, 6.07) is 5.16. The molecule has 104 valence electrons. The number of nitrogens with one attached hydrogen (secondary N) is 1. The van der Waals surface area contributed by atoms with Crippen molar-refractivity contribution in [2.75, 3.05) is 6.61 Å². The number of hydrogen-bond donors (Lipinski definition) is 1. The summed E-state index contributed by atoms with van der Waals surface area (Å²) in [5.74, 6) is -0.245. The molecule has 9 nitrogen and oxygen atoms in total. The Kier molecular flexibility index (Phi) is 3.60. The highest BCUT2D eigenvalue weighted by Crippen LogP contribution is 2.13. The fourth-order valence-corrected chi connectivity index (χ4v) is 1.51. The number of nitro benzene ring substituents is 1. The van der Waals surface area contributed by atoms with E-state index >= 15 is 0 Å². The lowest BCUT2D eigenvalue weighted by Gasteiger charge is -2.05. The van der Waals surface area contributed by atoms with Crippen LogP contribution in [0.1, 0.15) is 6.92 Å². The SMILES string of the molecule is CCOc1nn(-c2ccc([N+](=O)[O-])cc2)c(=O)[nH]c1=O. The van der Waals surface area contributed by atoms with E-state index in [1.54, 1.807) is 6.92 Å². The lowest BCUT2D eigenvalue weighted by Crippen LogP contribution is -2.32. The maximum absolute atomic E-state index is 11.7. The molecule has 0 aliphatic heterocycles. The first kappa shape index (κ1) is 13.5. The Morgan fingerprint density at radius 1 is 1.35 bits per heavy atom. The van der Waals surface area contributed by atoms with Crippen molar-refractivity contribution < 1.29 is 9.66 Å². The van der Waals surface area contributed by atoms with E-state index in [-0.39, 0.29) is 23.9 Å². The van der Waals surface area contributed by atoms with Crippen LogP contribution < -0.4 is 16.0 Å². The highest BCUT2D eigenvalue weighted by atomic mass is 16.6. The molecule has 0 saturated carbocycles. The maximum Gasteiger partial charge on any atom is 0.349 e. The average molecular weight is 278 g/mol. The molecule has 0 aliphatic carbocycles. The number of ether oxygens (including phenoxy) is 1. The predicted octanol–water partition coefficient (Wildman–Crippen LogP) is 0.228. The summed E-state index contributed by atoms with van der Waals surface area (Å²) in [6.45, 7) is 1.89. The molecule has 0 aliphatic rings. The van der Waals surface area contributed by atoms with Gasteiger partial charge in [-0.25, -0.2) is 4.79 Å². The third-order valence-corrected chi connectivity index (χ3v) is 2.38. The van der Waals surface area contributed by atoms with Crippen LogP contribution in [0.3, 0.4) is 0 Å².